The van der Waals surface area contributed by atoms with Crippen molar-refractivity contribution in [1.29, 1.82) is 0 Å². The largest absolute Gasteiger partial charge is 0.493 e. The Labute approximate surface area is 138 Å². The maximum atomic E-state index is 5.44. The van der Waals surface area contributed by atoms with E-state index < -0.39 is 0 Å². The molecule has 0 unspecified atom stereocenters. The summed E-state index contributed by atoms with van der Waals surface area (Å²) >= 11 is 0. The Bertz CT molecular complexity index is 582. The van der Waals surface area contributed by atoms with Crippen molar-refractivity contribution in [2.45, 2.75) is 32.7 Å². The van der Waals surface area contributed by atoms with Crippen molar-refractivity contribution in [1.82, 2.24) is 10.2 Å². The molecule has 1 fully saturated rings. The number of fused-ring (bicyclic) bond motifs is 1. The van der Waals surface area contributed by atoms with Gasteiger partial charge in [-0.05, 0) is 55.4 Å². The van der Waals surface area contributed by atoms with Gasteiger partial charge >= 0.3 is 0 Å². The van der Waals surface area contributed by atoms with Crippen LogP contribution in [0.2, 0.25) is 0 Å². The smallest absolute Gasteiger partial charge is 0.194 e. The maximum Gasteiger partial charge on any atom is 0.194 e. The van der Waals surface area contributed by atoms with Crippen LogP contribution in [0.1, 0.15) is 30.9 Å². The van der Waals surface area contributed by atoms with E-state index in [2.05, 4.69) is 29.3 Å². The minimum absolute atomic E-state index is 0.799. The molecule has 5 heteroatoms. The van der Waals surface area contributed by atoms with Crippen LogP contribution >= 0.6 is 0 Å². The van der Waals surface area contributed by atoms with E-state index in [1.807, 2.05) is 0 Å². The first-order valence-corrected chi connectivity index (χ1v) is 8.52. The fourth-order valence-electron chi connectivity index (χ4n) is 3.01. The van der Waals surface area contributed by atoms with Crippen molar-refractivity contribution in [3.05, 3.63) is 23.3 Å². The molecule has 1 aromatic rings. The van der Waals surface area contributed by atoms with Gasteiger partial charge in [0.25, 0.3) is 0 Å². The van der Waals surface area contributed by atoms with Gasteiger partial charge in [0.05, 0.1) is 14.2 Å². The van der Waals surface area contributed by atoms with Crippen LogP contribution in [0, 0.1) is 5.92 Å². The Balaban J connectivity index is 1.78. The molecule has 1 heterocycles. The quantitative estimate of drug-likeness (QED) is 0.669. The summed E-state index contributed by atoms with van der Waals surface area (Å²) < 4.78 is 10.9. The molecule has 23 heavy (non-hydrogen) atoms. The molecular formula is C18H27N3O2. The number of nitrogens with one attached hydrogen (secondary N) is 1. The Morgan fingerprint density at radius 1 is 1.22 bits per heavy atom. The van der Waals surface area contributed by atoms with E-state index in [-0.39, 0.29) is 0 Å². The molecule has 0 bridgehead atoms. The molecule has 0 saturated heterocycles. The first-order valence-electron chi connectivity index (χ1n) is 8.52. The minimum atomic E-state index is 0.799. The summed E-state index contributed by atoms with van der Waals surface area (Å²) in [4.78, 5) is 7.17. The predicted molar refractivity (Wildman–Crippen MR) is 92.4 cm³/mol. The topological polar surface area (TPSA) is 46.1 Å². The normalized spacial score (nSPS) is 17.7. The summed E-state index contributed by atoms with van der Waals surface area (Å²) in [6.07, 6.45) is 3.68. The number of methoxy groups -OCH3 is 2. The van der Waals surface area contributed by atoms with Gasteiger partial charge in [-0.2, -0.15) is 0 Å². The second-order valence-electron chi connectivity index (χ2n) is 6.29. The number of ether oxygens (including phenoxy) is 2. The zero-order chi connectivity index (χ0) is 16.2. The van der Waals surface area contributed by atoms with Crippen LogP contribution in [0.25, 0.3) is 0 Å². The summed E-state index contributed by atoms with van der Waals surface area (Å²) in [6.45, 7) is 5.83. The van der Waals surface area contributed by atoms with E-state index >= 15 is 0 Å². The van der Waals surface area contributed by atoms with E-state index in [1.165, 1.54) is 24.0 Å². The third-order valence-corrected chi connectivity index (χ3v) is 4.55. The Kier molecular flexibility index (Phi) is 4.94. The summed E-state index contributed by atoms with van der Waals surface area (Å²) in [5.41, 5.74) is 2.64. The lowest BCUT2D eigenvalue weighted by atomic mass is 9.99. The van der Waals surface area contributed by atoms with Gasteiger partial charge in [0.15, 0.2) is 17.5 Å². The first kappa shape index (κ1) is 16.0. The third kappa shape index (κ3) is 3.71. The van der Waals surface area contributed by atoms with Crippen molar-refractivity contribution < 1.29 is 9.47 Å². The van der Waals surface area contributed by atoms with Gasteiger partial charge in [0.1, 0.15) is 0 Å². The van der Waals surface area contributed by atoms with Gasteiger partial charge in [0, 0.05) is 26.2 Å². The molecule has 1 aliphatic heterocycles. The van der Waals surface area contributed by atoms with Crippen LogP contribution < -0.4 is 14.8 Å². The minimum Gasteiger partial charge on any atom is -0.493 e. The third-order valence-electron chi connectivity index (χ3n) is 4.55. The molecule has 0 aromatic heterocycles. The van der Waals surface area contributed by atoms with Gasteiger partial charge in [-0.15, -0.1) is 0 Å². The van der Waals surface area contributed by atoms with Gasteiger partial charge in [-0.25, -0.2) is 0 Å². The number of nitrogens with zero attached hydrogens (tertiary/aromatic N) is 2. The average molecular weight is 317 g/mol. The molecule has 2 aliphatic rings. The Hall–Kier alpha value is -1.91. The van der Waals surface area contributed by atoms with Crippen LogP contribution in [0.3, 0.4) is 0 Å². The zero-order valence-corrected chi connectivity index (χ0v) is 14.4. The monoisotopic (exact) mass is 317 g/mol. The van der Waals surface area contributed by atoms with Crippen LogP contribution in [-0.2, 0) is 13.0 Å². The fraction of sp³-hybridized carbons (Fsp3) is 0.611. The molecule has 1 aromatic carbocycles. The second-order valence-corrected chi connectivity index (χ2v) is 6.29. The van der Waals surface area contributed by atoms with Crippen molar-refractivity contribution in [3.8, 4) is 11.5 Å². The maximum absolute atomic E-state index is 5.44. The lowest BCUT2D eigenvalue weighted by Gasteiger charge is -2.32. The summed E-state index contributed by atoms with van der Waals surface area (Å²) in [5.74, 6) is 3.46. The van der Waals surface area contributed by atoms with Crippen molar-refractivity contribution in [2.24, 2.45) is 10.9 Å². The highest BCUT2D eigenvalue weighted by Gasteiger charge is 2.24. The molecule has 126 valence electrons. The molecule has 1 saturated carbocycles. The average Bonchev–Trinajstić information content (AvgIpc) is 3.41. The lowest BCUT2D eigenvalue weighted by Crippen LogP contribution is -2.44. The Morgan fingerprint density at radius 2 is 1.91 bits per heavy atom. The van der Waals surface area contributed by atoms with Gasteiger partial charge in [-0.1, -0.05) is 0 Å². The number of benzene rings is 1. The van der Waals surface area contributed by atoms with Crippen molar-refractivity contribution >= 4 is 5.96 Å². The molecule has 3 rings (SSSR count). The number of hydrogen-bond acceptors (Lipinski definition) is 3. The molecule has 0 atom stereocenters. The molecule has 1 aliphatic carbocycles. The molecular weight excluding hydrogens is 290 g/mol. The Morgan fingerprint density at radius 3 is 2.52 bits per heavy atom. The number of aliphatic imine (C=N–C) groups is 1. The van der Waals surface area contributed by atoms with Gasteiger partial charge < -0.3 is 19.7 Å². The van der Waals surface area contributed by atoms with E-state index in [9.17, 15) is 0 Å². The first-order chi connectivity index (χ1) is 11.2. The van der Waals surface area contributed by atoms with E-state index in [0.29, 0.717) is 0 Å². The molecule has 0 spiro atoms. The highest BCUT2D eigenvalue weighted by Crippen LogP contribution is 2.33. The summed E-state index contributed by atoms with van der Waals surface area (Å²) in [7, 11) is 3.37. The fourth-order valence-corrected chi connectivity index (χ4v) is 3.01. The van der Waals surface area contributed by atoms with Gasteiger partial charge in [-0.3, -0.25) is 4.99 Å². The highest BCUT2D eigenvalue weighted by molar-refractivity contribution is 5.80. The van der Waals surface area contributed by atoms with Gasteiger partial charge in [0.2, 0.25) is 0 Å². The van der Waals surface area contributed by atoms with Crippen LogP contribution in [0.5, 0.6) is 11.5 Å². The second kappa shape index (κ2) is 7.11. The predicted octanol–water partition coefficient (Wildman–Crippen LogP) is 2.44. The molecule has 1 N–H and O–H groups in total. The summed E-state index contributed by atoms with van der Waals surface area (Å²) in [6, 6.07) is 4.21. The number of rotatable bonds is 5. The van der Waals surface area contributed by atoms with Crippen LogP contribution in [-0.4, -0.2) is 44.7 Å². The van der Waals surface area contributed by atoms with E-state index in [4.69, 9.17) is 14.5 Å². The van der Waals surface area contributed by atoms with Crippen molar-refractivity contribution in [2.75, 3.05) is 33.9 Å². The summed E-state index contributed by atoms with van der Waals surface area (Å²) in [5, 5.41) is 3.44. The highest BCUT2D eigenvalue weighted by atomic mass is 16.5. The van der Waals surface area contributed by atoms with Crippen LogP contribution in [0.4, 0.5) is 0 Å². The SMILES string of the molecule is CCNC(=NCC1CC1)N1CCc2cc(OC)c(OC)cc2C1. The van der Waals surface area contributed by atoms with Crippen molar-refractivity contribution in [3.63, 3.8) is 0 Å². The molecule has 5 nitrogen and oxygen atoms in total. The van der Waals surface area contributed by atoms with E-state index in [1.54, 1.807) is 14.2 Å². The molecule has 0 radical (unpaired) electrons. The number of guanidine groups is 1. The molecule has 0 amide bonds. The van der Waals surface area contributed by atoms with Crippen LogP contribution in [0.15, 0.2) is 17.1 Å². The lowest BCUT2D eigenvalue weighted by molar-refractivity contribution is 0.346. The van der Waals surface area contributed by atoms with E-state index in [0.717, 1.165) is 56.0 Å². The zero-order valence-electron chi connectivity index (χ0n) is 14.4. The standard InChI is InChI=1S/C18H27N3O2/c1-4-19-18(20-11-13-5-6-13)21-8-7-14-9-16(22-2)17(23-3)10-15(14)12-21/h9-10,13H,4-8,11-12H2,1-3H3,(H,19,20). The number of hydrogen-bond donors (Lipinski definition) is 1.